The number of benzene rings is 1. The minimum atomic E-state index is -0.711. The number of aliphatic hydroxyl groups excluding tert-OH is 1. The maximum absolute atomic E-state index is 13.8. The third-order valence-electron chi connectivity index (χ3n) is 3.21. The molecule has 1 saturated carbocycles. The van der Waals surface area contributed by atoms with E-state index in [1.54, 1.807) is 13.0 Å². The Morgan fingerprint density at radius 2 is 2.30 bits per heavy atom. The summed E-state index contributed by atoms with van der Waals surface area (Å²) in [5.41, 5.74) is 0.505. The fourth-order valence-electron chi connectivity index (χ4n) is 1.86. The van der Waals surface area contributed by atoms with Gasteiger partial charge in [-0.05, 0) is 37.5 Å². The minimum absolute atomic E-state index is 0.0567. The summed E-state index contributed by atoms with van der Waals surface area (Å²) < 4.78 is 24.2. The van der Waals surface area contributed by atoms with Gasteiger partial charge < -0.3 is 14.4 Å². The van der Waals surface area contributed by atoms with E-state index in [0.717, 1.165) is 12.8 Å². The molecule has 106 valence electrons. The molecule has 1 atom stereocenters. The van der Waals surface area contributed by atoms with Crippen LogP contribution >= 0.6 is 0 Å². The topological polar surface area (TPSA) is 68.4 Å². The fourth-order valence-corrected chi connectivity index (χ4v) is 1.86. The summed E-state index contributed by atoms with van der Waals surface area (Å²) in [5, 5.41) is 13.2. The van der Waals surface area contributed by atoms with Crippen molar-refractivity contribution in [3.05, 3.63) is 41.3 Å². The van der Waals surface area contributed by atoms with E-state index in [1.165, 1.54) is 12.1 Å². The average Bonchev–Trinajstić information content (AvgIpc) is 3.17. The van der Waals surface area contributed by atoms with E-state index in [0.29, 0.717) is 23.2 Å². The summed E-state index contributed by atoms with van der Waals surface area (Å²) in [6.45, 7) is 1.63. The summed E-state index contributed by atoms with van der Waals surface area (Å²) in [4.78, 5) is 4.20. The van der Waals surface area contributed by atoms with E-state index in [9.17, 15) is 9.50 Å². The second-order valence-corrected chi connectivity index (χ2v) is 4.98. The number of aliphatic hydroxyl groups is 1. The molecule has 1 aliphatic rings. The number of nitrogens with zero attached hydrogens (tertiary/aromatic N) is 2. The lowest BCUT2D eigenvalue weighted by Gasteiger charge is -2.08. The number of hydrogen-bond acceptors (Lipinski definition) is 5. The lowest BCUT2D eigenvalue weighted by Crippen LogP contribution is -2.01. The summed E-state index contributed by atoms with van der Waals surface area (Å²) in [7, 11) is 0. The van der Waals surface area contributed by atoms with E-state index in [-0.39, 0.29) is 12.4 Å². The number of aromatic nitrogens is 2. The van der Waals surface area contributed by atoms with Crippen LogP contribution in [0.4, 0.5) is 4.39 Å². The molecule has 2 aromatic rings. The highest BCUT2D eigenvalue weighted by atomic mass is 19.1. The molecule has 1 aliphatic carbocycles. The molecule has 0 bridgehead atoms. The Labute approximate surface area is 115 Å². The Balaban J connectivity index is 1.65. The lowest BCUT2D eigenvalue weighted by atomic mass is 10.1. The van der Waals surface area contributed by atoms with Crippen LogP contribution in [0.5, 0.6) is 5.75 Å². The van der Waals surface area contributed by atoms with Gasteiger partial charge in [-0.2, -0.15) is 4.98 Å². The molecule has 0 spiro atoms. The monoisotopic (exact) mass is 278 g/mol. The van der Waals surface area contributed by atoms with Crippen molar-refractivity contribution in [1.82, 2.24) is 10.1 Å². The van der Waals surface area contributed by atoms with Crippen LogP contribution in [0.2, 0.25) is 0 Å². The first kappa shape index (κ1) is 13.1. The van der Waals surface area contributed by atoms with Crippen molar-refractivity contribution >= 4 is 0 Å². The van der Waals surface area contributed by atoms with Gasteiger partial charge >= 0.3 is 0 Å². The summed E-state index contributed by atoms with van der Waals surface area (Å²) >= 11 is 0. The van der Waals surface area contributed by atoms with E-state index in [1.807, 2.05) is 0 Å². The highest BCUT2D eigenvalue weighted by Gasteiger charge is 2.29. The molecule has 20 heavy (non-hydrogen) atoms. The van der Waals surface area contributed by atoms with Crippen molar-refractivity contribution in [1.29, 1.82) is 0 Å². The molecule has 3 rings (SSSR count). The Bertz CT molecular complexity index is 608. The molecule has 5 nitrogen and oxygen atoms in total. The molecule has 1 aromatic carbocycles. The second-order valence-electron chi connectivity index (χ2n) is 4.98. The predicted molar refractivity (Wildman–Crippen MR) is 67.6 cm³/mol. The van der Waals surface area contributed by atoms with Crippen LogP contribution in [0, 0.1) is 5.82 Å². The first-order chi connectivity index (χ1) is 9.63. The van der Waals surface area contributed by atoms with Crippen LogP contribution in [0.1, 0.15) is 49.1 Å². The van der Waals surface area contributed by atoms with E-state index >= 15 is 0 Å². The normalized spacial score (nSPS) is 16.1. The molecular weight excluding hydrogens is 263 g/mol. The molecule has 0 saturated heterocycles. The third-order valence-corrected chi connectivity index (χ3v) is 3.21. The lowest BCUT2D eigenvalue weighted by molar-refractivity contribution is 0.198. The average molecular weight is 278 g/mol. The zero-order valence-corrected chi connectivity index (χ0v) is 11.0. The highest BCUT2D eigenvalue weighted by molar-refractivity contribution is 5.30. The summed E-state index contributed by atoms with van der Waals surface area (Å²) in [6, 6.07) is 4.36. The Morgan fingerprint density at radius 3 is 2.95 bits per heavy atom. The zero-order valence-electron chi connectivity index (χ0n) is 11.0. The third kappa shape index (κ3) is 2.80. The van der Waals surface area contributed by atoms with Crippen molar-refractivity contribution in [3.8, 4) is 5.75 Å². The first-order valence-electron chi connectivity index (χ1n) is 6.56. The van der Waals surface area contributed by atoms with Gasteiger partial charge in [0.15, 0.2) is 18.2 Å². The van der Waals surface area contributed by atoms with Gasteiger partial charge in [0.2, 0.25) is 11.7 Å². The van der Waals surface area contributed by atoms with Gasteiger partial charge in [-0.25, -0.2) is 4.39 Å². The van der Waals surface area contributed by atoms with Gasteiger partial charge in [-0.15, -0.1) is 0 Å². The molecule has 1 N–H and O–H groups in total. The standard InChI is InChI=1S/C14H15FN2O3/c1-8(18)10-4-5-12(11(15)6-10)19-7-13-16-14(20-17-13)9-2-3-9/h4-6,8-9,18H,2-3,7H2,1H3/t8-/m0/s1. The van der Waals surface area contributed by atoms with Crippen molar-refractivity contribution in [3.63, 3.8) is 0 Å². The van der Waals surface area contributed by atoms with Crippen LogP contribution in [-0.2, 0) is 6.61 Å². The molecule has 0 unspecified atom stereocenters. The van der Waals surface area contributed by atoms with Gasteiger partial charge in [-0.3, -0.25) is 0 Å². The van der Waals surface area contributed by atoms with E-state index in [2.05, 4.69) is 10.1 Å². The van der Waals surface area contributed by atoms with Gasteiger partial charge in [0.25, 0.3) is 0 Å². The quantitative estimate of drug-likeness (QED) is 0.910. The van der Waals surface area contributed by atoms with Crippen molar-refractivity contribution in [2.45, 2.75) is 38.4 Å². The van der Waals surface area contributed by atoms with Crippen molar-refractivity contribution in [2.75, 3.05) is 0 Å². The minimum Gasteiger partial charge on any atom is -0.482 e. The number of halogens is 1. The molecule has 0 amide bonds. The van der Waals surface area contributed by atoms with Gasteiger partial charge in [0, 0.05) is 5.92 Å². The summed E-state index contributed by atoms with van der Waals surface area (Å²) in [5.74, 6) is 1.01. The van der Waals surface area contributed by atoms with E-state index < -0.39 is 11.9 Å². The van der Waals surface area contributed by atoms with Crippen molar-refractivity contribution < 1.29 is 18.8 Å². The van der Waals surface area contributed by atoms with Crippen LogP contribution in [0.15, 0.2) is 22.7 Å². The summed E-state index contributed by atoms with van der Waals surface area (Å²) in [6.07, 6.45) is 1.45. The maximum Gasteiger partial charge on any atom is 0.229 e. The van der Waals surface area contributed by atoms with Gasteiger partial charge in [-0.1, -0.05) is 11.2 Å². The molecule has 6 heteroatoms. The fraction of sp³-hybridized carbons (Fsp3) is 0.429. The smallest absolute Gasteiger partial charge is 0.229 e. The molecule has 1 heterocycles. The highest BCUT2D eigenvalue weighted by Crippen LogP contribution is 2.38. The van der Waals surface area contributed by atoms with Crippen LogP contribution < -0.4 is 4.74 Å². The van der Waals surface area contributed by atoms with E-state index in [4.69, 9.17) is 9.26 Å². The molecule has 1 fully saturated rings. The van der Waals surface area contributed by atoms with Crippen LogP contribution in [0.3, 0.4) is 0 Å². The second kappa shape index (κ2) is 5.20. The van der Waals surface area contributed by atoms with Crippen molar-refractivity contribution in [2.24, 2.45) is 0 Å². The van der Waals surface area contributed by atoms with Crippen LogP contribution in [-0.4, -0.2) is 15.2 Å². The van der Waals surface area contributed by atoms with Gasteiger partial charge in [0.1, 0.15) is 0 Å². The SMILES string of the molecule is C[C@H](O)c1ccc(OCc2noc(C3CC3)n2)c(F)c1. The number of hydrogen-bond donors (Lipinski definition) is 1. The Hall–Kier alpha value is -1.95. The zero-order chi connectivity index (χ0) is 14.1. The Kier molecular flexibility index (Phi) is 3.40. The predicted octanol–water partition coefficient (Wildman–Crippen LogP) is 2.72. The number of ether oxygens (including phenoxy) is 1. The Morgan fingerprint density at radius 1 is 1.50 bits per heavy atom. The largest absolute Gasteiger partial charge is 0.482 e. The molecular formula is C14H15FN2O3. The molecule has 1 aromatic heterocycles. The molecule has 0 radical (unpaired) electrons. The molecule has 0 aliphatic heterocycles. The maximum atomic E-state index is 13.8. The van der Waals surface area contributed by atoms with Crippen LogP contribution in [0.25, 0.3) is 0 Å². The number of rotatable bonds is 5. The van der Waals surface area contributed by atoms with Gasteiger partial charge in [0.05, 0.1) is 6.10 Å². The first-order valence-corrected chi connectivity index (χ1v) is 6.56.